The Balaban J connectivity index is 1.63. The number of aryl methyl sites for hydroxylation is 1. The van der Waals surface area contributed by atoms with Gasteiger partial charge in [-0.3, -0.25) is 4.79 Å². The number of rotatable bonds is 6. The Bertz CT molecular complexity index is 903. The lowest BCUT2D eigenvalue weighted by Gasteiger charge is -2.17. The Morgan fingerprint density at radius 2 is 1.81 bits per heavy atom. The van der Waals surface area contributed by atoms with Crippen molar-refractivity contribution in [3.63, 3.8) is 0 Å². The van der Waals surface area contributed by atoms with Gasteiger partial charge in [-0.2, -0.15) is 0 Å². The molecule has 0 atom stereocenters. The molecule has 1 aliphatic heterocycles. The van der Waals surface area contributed by atoms with Crippen molar-refractivity contribution in [1.82, 2.24) is 4.72 Å². The molecule has 0 aromatic heterocycles. The third-order valence-electron chi connectivity index (χ3n) is 4.63. The van der Waals surface area contributed by atoms with Crippen LogP contribution < -0.4 is 10.0 Å². The normalized spacial score (nSPS) is 14.2. The second kappa shape index (κ2) is 7.60. The topological polar surface area (TPSA) is 75.3 Å². The zero-order chi connectivity index (χ0) is 18.7. The van der Waals surface area contributed by atoms with Crippen molar-refractivity contribution in [1.29, 1.82) is 0 Å². The monoisotopic (exact) mass is 372 g/mol. The van der Waals surface area contributed by atoms with E-state index >= 15 is 0 Å². The summed E-state index contributed by atoms with van der Waals surface area (Å²) in [5, 5.41) is 2.76. The van der Waals surface area contributed by atoms with Gasteiger partial charge in [-0.1, -0.05) is 38.1 Å². The van der Waals surface area contributed by atoms with Crippen LogP contribution in [-0.2, 0) is 27.7 Å². The molecule has 1 aliphatic rings. The fourth-order valence-corrected chi connectivity index (χ4v) is 4.09. The molecule has 2 aromatic rings. The highest BCUT2D eigenvalue weighted by Crippen LogP contribution is 2.25. The lowest BCUT2D eigenvalue weighted by molar-refractivity contribution is -0.116. The van der Waals surface area contributed by atoms with Crippen molar-refractivity contribution in [2.24, 2.45) is 0 Å². The predicted molar refractivity (Wildman–Crippen MR) is 103 cm³/mol. The van der Waals surface area contributed by atoms with E-state index in [1.807, 2.05) is 12.1 Å². The summed E-state index contributed by atoms with van der Waals surface area (Å²) in [4.78, 5) is 11.6. The van der Waals surface area contributed by atoms with Crippen LogP contribution >= 0.6 is 0 Å². The van der Waals surface area contributed by atoms with E-state index in [-0.39, 0.29) is 10.8 Å². The van der Waals surface area contributed by atoms with Gasteiger partial charge in [-0.05, 0) is 53.6 Å². The van der Waals surface area contributed by atoms with Crippen LogP contribution in [0.5, 0.6) is 0 Å². The highest BCUT2D eigenvalue weighted by atomic mass is 32.2. The molecule has 0 bridgehead atoms. The Hall–Kier alpha value is -2.18. The number of sulfonamides is 1. The van der Waals surface area contributed by atoms with Crippen LogP contribution in [0.3, 0.4) is 0 Å². The zero-order valence-electron chi connectivity index (χ0n) is 15.1. The fraction of sp³-hybridized carbons (Fsp3) is 0.350. The summed E-state index contributed by atoms with van der Waals surface area (Å²) in [5.74, 6) is 0.450. The third-order valence-corrected chi connectivity index (χ3v) is 6.09. The van der Waals surface area contributed by atoms with E-state index in [4.69, 9.17) is 0 Å². The molecule has 1 heterocycles. The molecule has 6 heteroatoms. The van der Waals surface area contributed by atoms with Crippen LogP contribution in [0, 0.1) is 0 Å². The lowest BCUT2D eigenvalue weighted by atomic mass is 10.0. The van der Waals surface area contributed by atoms with Gasteiger partial charge in [-0.25, -0.2) is 13.1 Å². The van der Waals surface area contributed by atoms with Crippen LogP contribution in [0.1, 0.15) is 42.9 Å². The molecule has 0 aliphatic carbocycles. The lowest BCUT2D eigenvalue weighted by Crippen LogP contribution is -2.26. The van der Waals surface area contributed by atoms with E-state index in [2.05, 4.69) is 36.0 Å². The summed E-state index contributed by atoms with van der Waals surface area (Å²) in [6, 6.07) is 13.1. The third kappa shape index (κ3) is 4.31. The minimum absolute atomic E-state index is 0.0327. The first-order valence-corrected chi connectivity index (χ1v) is 10.3. The molecule has 0 spiro atoms. The highest BCUT2D eigenvalue weighted by molar-refractivity contribution is 7.89. The maximum absolute atomic E-state index is 12.5. The summed E-state index contributed by atoms with van der Waals surface area (Å²) >= 11 is 0. The van der Waals surface area contributed by atoms with Crippen LogP contribution in [0.25, 0.3) is 0 Å². The average molecular weight is 372 g/mol. The zero-order valence-corrected chi connectivity index (χ0v) is 15.9. The summed E-state index contributed by atoms with van der Waals surface area (Å²) < 4.78 is 27.7. The van der Waals surface area contributed by atoms with E-state index in [1.54, 1.807) is 12.1 Å². The minimum atomic E-state index is -3.56. The van der Waals surface area contributed by atoms with Gasteiger partial charge in [-0.15, -0.1) is 0 Å². The number of anilines is 1. The summed E-state index contributed by atoms with van der Waals surface area (Å²) in [6.45, 7) is 4.64. The molecule has 0 unspecified atom stereocenters. The second-order valence-corrected chi connectivity index (χ2v) is 8.68. The fourth-order valence-electron chi connectivity index (χ4n) is 3.01. The smallest absolute Gasteiger partial charge is 0.240 e. The molecule has 0 radical (unpaired) electrons. The van der Waals surface area contributed by atoms with Crippen LogP contribution in [0.2, 0.25) is 0 Å². The minimum Gasteiger partial charge on any atom is -0.326 e. The first kappa shape index (κ1) is 18.6. The van der Waals surface area contributed by atoms with Gasteiger partial charge in [0.05, 0.1) is 4.90 Å². The Morgan fingerprint density at radius 1 is 1.08 bits per heavy atom. The Labute approximate surface area is 154 Å². The average Bonchev–Trinajstić information content (AvgIpc) is 2.61. The first-order chi connectivity index (χ1) is 12.3. The van der Waals surface area contributed by atoms with Gasteiger partial charge in [0.2, 0.25) is 15.9 Å². The van der Waals surface area contributed by atoms with Gasteiger partial charge in [0, 0.05) is 18.7 Å². The van der Waals surface area contributed by atoms with Crippen molar-refractivity contribution in [3.05, 3.63) is 59.2 Å². The van der Waals surface area contributed by atoms with E-state index in [0.29, 0.717) is 37.4 Å². The molecule has 1 amide bonds. The number of nitrogens with one attached hydrogen (secondary N) is 2. The number of amides is 1. The van der Waals surface area contributed by atoms with Crippen molar-refractivity contribution in [2.75, 3.05) is 11.9 Å². The van der Waals surface area contributed by atoms with E-state index in [0.717, 1.165) is 11.1 Å². The van der Waals surface area contributed by atoms with Gasteiger partial charge in [0.15, 0.2) is 0 Å². The summed E-state index contributed by atoms with van der Waals surface area (Å²) in [7, 11) is -3.56. The van der Waals surface area contributed by atoms with Crippen molar-refractivity contribution in [3.8, 4) is 0 Å². The molecule has 2 aromatic carbocycles. The number of benzene rings is 2. The molecule has 3 rings (SSSR count). The van der Waals surface area contributed by atoms with E-state index < -0.39 is 10.0 Å². The van der Waals surface area contributed by atoms with Crippen LogP contribution in [-0.4, -0.2) is 20.9 Å². The number of hydrogen-bond acceptors (Lipinski definition) is 3. The van der Waals surface area contributed by atoms with Crippen molar-refractivity contribution >= 4 is 21.6 Å². The number of fused-ring (bicyclic) bond motifs is 1. The first-order valence-electron chi connectivity index (χ1n) is 8.86. The quantitative estimate of drug-likeness (QED) is 0.817. The SMILES string of the molecule is CC(C)c1ccc(CCNS(=O)(=O)c2ccc3c(c2)CCC(=O)N3)cc1. The molecule has 138 valence electrons. The maximum atomic E-state index is 12.5. The van der Waals surface area contributed by atoms with Gasteiger partial charge in [0.25, 0.3) is 0 Å². The number of hydrogen-bond donors (Lipinski definition) is 2. The summed E-state index contributed by atoms with van der Waals surface area (Å²) in [6.07, 6.45) is 1.58. The highest BCUT2D eigenvalue weighted by Gasteiger charge is 2.19. The Kier molecular flexibility index (Phi) is 5.44. The number of carbonyl (C=O) groups excluding carboxylic acids is 1. The molecule has 5 nitrogen and oxygen atoms in total. The predicted octanol–water partition coefficient (Wildman–Crippen LogP) is 3.22. The van der Waals surface area contributed by atoms with E-state index in [9.17, 15) is 13.2 Å². The van der Waals surface area contributed by atoms with E-state index in [1.165, 1.54) is 11.6 Å². The van der Waals surface area contributed by atoms with Crippen LogP contribution in [0.15, 0.2) is 47.4 Å². The summed E-state index contributed by atoms with van der Waals surface area (Å²) in [5.41, 5.74) is 3.93. The second-order valence-electron chi connectivity index (χ2n) is 6.91. The van der Waals surface area contributed by atoms with Gasteiger partial charge < -0.3 is 5.32 Å². The molecule has 2 N–H and O–H groups in total. The molecular weight excluding hydrogens is 348 g/mol. The maximum Gasteiger partial charge on any atom is 0.240 e. The molecule has 0 saturated heterocycles. The molecule has 26 heavy (non-hydrogen) atoms. The standard InChI is InChI=1S/C20H24N2O3S/c1-14(2)16-5-3-15(4-6-16)11-12-21-26(24,25)18-8-9-19-17(13-18)7-10-20(23)22-19/h3-6,8-9,13-14,21H,7,10-12H2,1-2H3,(H,22,23). The van der Waals surface area contributed by atoms with Crippen molar-refractivity contribution < 1.29 is 13.2 Å². The molecule has 0 fully saturated rings. The van der Waals surface area contributed by atoms with Crippen molar-refractivity contribution in [2.45, 2.75) is 43.9 Å². The van der Waals surface area contributed by atoms with Gasteiger partial charge in [0.1, 0.15) is 0 Å². The molecule has 0 saturated carbocycles. The largest absolute Gasteiger partial charge is 0.326 e. The van der Waals surface area contributed by atoms with Gasteiger partial charge >= 0.3 is 0 Å². The molecular formula is C20H24N2O3S. The number of carbonyl (C=O) groups is 1. The Morgan fingerprint density at radius 3 is 2.50 bits per heavy atom. The van der Waals surface area contributed by atoms with Crippen LogP contribution in [0.4, 0.5) is 5.69 Å².